The number of rotatable bonds is 5. The van der Waals surface area contributed by atoms with Crippen molar-refractivity contribution in [3.63, 3.8) is 0 Å². The fraction of sp³-hybridized carbons (Fsp3) is 0.304. The lowest BCUT2D eigenvalue weighted by atomic mass is 9.64. The molecule has 0 unspecified atom stereocenters. The summed E-state index contributed by atoms with van der Waals surface area (Å²) in [6.07, 6.45) is 0.190. The zero-order valence-corrected chi connectivity index (χ0v) is 19.7. The molecule has 0 bridgehead atoms. The lowest BCUT2D eigenvalue weighted by Crippen LogP contribution is -2.48. The maximum absolute atomic E-state index is 12.8. The van der Waals surface area contributed by atoms with Crippen LogP contribution in [0, 0.1) is 5.92 Å². The second-order valence-corrected chi connectivity index (χ2v) is 9.56. The molecule has 0 amide bonds. The van der Waals surface area contributed by atoms with Crippen LogP contribution in [0.3, 0.4) is 0 Å². The third-order valence-corrected chi connectivity index (χ3v) is 6.42. The maximum Gasteiger partial charge on any atom is 0.158 e. The number of aliphatic hydroxyl groups is 1. The van der Waals surface area contributed by atoms with Crippen molar-refractivity contribution in [3.05, 3.63) is 74.3 Å². The summed E-state index contributed by atoms with van der Waals surface area (Å²) in [5.41, 5.74) is 1.54. The van der Waals surface area contributed by atoms with Crippen molar-refractivity contribution in [2.24, 2.45) is 5.92 Å². The fourth-order valence-electron chi connectivity index (χ4n) is 4.23. The van der Waals surface area contributed by atoms with E-state index in [2.05, 4.69) is 37.2 Å². The van der Waals surface area contributed by atoms with Crippen LogP contribution in [0.2, 0.25) is 0 Å². The molecule has 0 fully saturated rings. The van der Waals surface area contributed by atoms with Gasteiger partial charge in [0, 0.05) is 38.2 Å². The maximum atomic E-state index is 12.8. The van der Waals surface area contributed by atoms with Gasteiger partial charge < -0.3 is 10.4 Å². The average molecular weight is 521 g/mol. The number of halogens is 2. The normalized spacial score (nSPS) is 24.3. The minimum absolute atomic E-state index is 0.112. The van der Waals surface area contributed by atoms with E-state index < -0.39 is 17.4 Å². The van der Waals surface area contributed by atoms with Crippen LogP contribution in [0.5, 0.6) is 0 Å². The summed E-state index contributed by atoms with van der Waals surface area (Å²) in [7, 11) is 0. The Balaban J connectivity index is 2.19. The van der Waals surface area contributed by atoms with Crippen LogP contribution in [0.15, 0.2) is 68.7 Å². The van der Waals surface area contributed by atoms with E-state index in [9.17, 15) is 14.7 Å². The highest BCUT2D eigenvalue weighted by molar-refractivity contribution is 9.10. The van der Waals surface area contributed by atoms with E-state index in [0.717, 1.165) is 20.2 Å². The van der Waals surface area contributed by atoms with Gasteiger partial charge in [0.05, 0.1) is 11.5 Å². The standard InChI is InChI=1S/C23H23Br2NO3/c1-13(27)20-19(26-18-10-8-17(25)9-11-18)12-23(3,29)22(14(2)28)21(20)15-4-6-16(24)7-5-15/h4-11,21-22,26,29H,12H2,1-3H3/t21-,22+,23-/m0/s1. The molecule has 0 aliphatic heterocycles. The Bertz CT molecular complexity index is 963. The minimum atomic E-state index is -1.29. The van der Waals surface area contributed by atoms with Crippen molar-refractivity contribution in [2.75, 3.05) is 5.32 Å². The van der Waals surface area contributed by atoms with E-state index in [0.29, 0.717) is 11.3 Å². The zero-order chi connectivity index (χ0) is 21.3. The van der Waals surface area contributed by atoms with Crippen molar-refractivity contribution < 1.29 is 14.7 Å². The largest absolute Gasteiger partial charge is 0.389 e. The molecule has 0 aromatic heterocycles. The predicted octanol–water partition coefficient (Wildman–Crippen LogP) is 5.61. The summed E-state index contributed by atoms with van der Waals surface area (Å²) < 4.78 is 1.86. The molecule has 0 saturated heterocycles. The molecule has 6 heteroatoms. The monoisotopic (exact) mass is 519 g/mol. The first kappa shape index (κ1) is 21.9. The molecule has 1 aliphatic rings. The molecule has 2 aromatic carbocycles. The average Bonchev–Trinajstić information content (AvgIpc) is 2.62. The molecule has 152 valence electrons. The first-order valence-corrected chi connectivity index (χ1v) is 10.9. The van der Waals surface area contributed by atoms with Gasteiger partial charge in [-0.2, -0.15) is 0 Å². The number of ketones is 2. The molecule has 0 radical (unpaired) electrons. The van der Waals surface area contributed by atoms with Gasteiger partial charge in [0.2, 0.25) is 0 Å². The van der Waals surface area contributed by atoms with Gasteiger partial charge in [-0.25, -0.2) is 0 Å². The van der Waals surface area contributed by atoms with Gasteiger partial charge >= 0.3 is 0 Å². The third-order valence-electron chi connectivity index (χ3n) is 5.36. The molecule has 0 spiro atoms. The highest BCUT2D eigenvalue weighted by Gasteiger charge is 2.49. The van der Waals surface area contributed by atoms with Crippen LogP contribution in [-0.4, -0.2) is 22.3 Å². The minimum Gasteiger partial charge on any atom is -0.389 e. The number of Topliss-reactive ketones (excluding diaryl/α,β-unsaturated/α-hetero) is 2. The van der Waals surface area contributed by atoms with Crippen LogP contribution in [-0.2, 0) is 9.59 Å². The SMILES string of the molecule is CC(=O)C1=C(Nc2ccc(Br)cc2)C[C@](C)(O)[C@H](C(C)=O)[C@H]1c1ccc(Br)cc1. The Morgan fingerprint density at radius 3 is 2.00 bits per heavy atom. The molecular formula is C23H23Br2NO3. The van der Waals surface area contributed by atoms with Crippen LogP contribution in [0.4, 0.5) is 5.69 Å². The molecule has 2 N–H and O–H groups in total. The summed E-state index contributed by atoms with van der Waals surface area (Å²) in [5.74, 6) is -1.48. The van der Waals surface area contributed by atoms with E-state index in [4.69, 9.17) is 0 Å². The molecule has 3 atom stereocenters. The number of allylic oxidation sites excluding steroid dienone is 1. The van der Waals surface area contributed by atoms with E-state index in [1.165, 1.54) is 13.8 Å². The van der Waals surface area contributed by atoms with Gasteiger partial charge in [-0.15, -0.1) is 0 Å². The number of benzene rings is 2. The van der Waals surface area contributed by atoms with Crippen molar-refractivity contribution >= 4 is 49.1 Å². The molecule has 0 heterocycles. The first-order valence-electron chi connectivity index (χ1n) is 9.35. The Hall–Kier alpha value is -1.76. The Morgan fingerprint density at radius 1 is 1.00 bits per heavy atom. The highest BCUT2D eigenvalue weighted by Crippen LogP contribution is 2.47. The predicted molar refractivity (Wildman–Crippen MR) is 122 cm³/mol. The zero-order valence-electron chi connectivity index (χ0n) is 16.5. The lowest BCUT2D eigenvalue weighted by Gasteiger charge is -2.43. The van der Waals surface area contributed by atoms with Crippen molar-refractivity contribution in [3.8, 4) is 0 Å². The number of carbonyl (C=O) groups is 2. The topological polar surface area (TPSA) is 66.4 Å². The van der Waals surface area contributed by atoms with Crippen LogP contribution in [0.25, 0.3) is 0 Å². The molecule has 0 saturated carbocycles. The van der Waals surface area contributed by atoms with E-state index >= 15 is 0 Å². The first-order chi connectivity index (χ1) is 13.6. The third kappa shape index (κ3) is 4.71. The number of nitrogens with one attached hydrogen (secondary N) is 1. The second-order valence-electron chi connectivity index (χ2n) is 7.73. The van der Waals surface area contributed by atoms with Gasteiger partial charge in [0.1, 0.15) is 5.78 Å². The number of carbonyl (C=O) groups excluding carboxylic acids is 2. The van der Waals surface area contributed by atoms with Crippen LogP contribution in [0.1, 0.15) is 38.7 Å². The van der Waals surface area contributed by atoms with E-state index in [-0.39, 0.29) is 18.0 Å². The van der Waals surface area contributed by atoms with Crippen LogP contribution < -0.4 is 5.32 Å². The lowest BCUT2D eigenvalue weighted by molar-refractivity contribution is -0.131. The van der Waals surface area contributed by atoms with Crippen molar-refractivity contribution in [2.45, 2.75) is 38.7 Å². The number of anilines is 1. The van der Waals surface area contributed by atoms with Gasteiger partial charge in [0.15, 0.2) is 5.78 Å². The van der Waals surface area contributed by atoms with Crippen molar-refractivity contribution in [1.82, 2.24) is 0 Å². The highest BCUT2D eigenvalue weighted by atomic mass is 79.9. The van der Waals surface area contributed by atoms with Gasteiger partial charge in [0.25, 0.3) is 0 Å². The molecule has 2 aromatic rings. The molecule has 29 heavy (non-hydrogen) atoms. The number of hydrogen-bond donors (Lipinski definition) is 2. The summed E-state index contributed by atoms with van der Waals surface area (Å²) in [6, 6.07) is 15.2. The summed E-state index contributed by atoms with van der Waals surface area (Å²) >= 11 is 6.85. The second kappa shape index (κ2) is 8.54. The van der Waals surface area contributed by atoms with Gasteiger partial charge in [-0.05, 0) is 62.7 Å². The van der Waals surface area contributed by atoms with Crippen LogP contribution >= 0.6 is 31.9 Å². The van der Waals surface area contributed by atoms with Gasteiger partial charge in [-0.3, -0.25) is 9.59 Å². The summed E-state index contributed by atoms with van der Waals surface area (Å²) in [4.78, 5) is 25.4. The molecular weight excluding hydrogens is 498 g/mol. The van der Waals surface area contributed by atoms with Crippen molar-refractivity contribution in [1.29, 1.82) is 0 Å². The fourth-order valence-corrected chi connectivity index (χ4v) is 4.76. The molecule has 3 rings (SSSR count). The summed E-state index contributed by atoms with van der Waals surface area (Å²) in [6.45, 7) is 4.67. The quantitative estimate of drug-likeness (QED) is 0.537. The molecule has 4 nitrogen and oxygen atoms in total. The summed E-state index contributed by atoms with van der Waals surface area (Å²) in [5, 5.41) is 14.6. The Kier molecular flexibility index (Phi) is 6.46. The van der Waals surface area contributed by atoms with E-state index in [1.807, 2.05) is 48.5 Å². The Labute approximate surface area is 187 Å². The molecule has 1 aliphatic carbocycles. The Morgan fingerprint density at radius 2 is 1.52 bits per heavy atom. The van der Waals surface area contributed by atoms with E-state index in [1.54, 1.807) is 6.92 Å². The number of hydrogen-bond acceptors (Lipinski definition) is 4. The smallest absolute Gasteiger partial charge is 0.158 e. The van der Waals surface area contributed by atoms with Gasteiger partial charge in [-0.1, -0.05) is 44.0 Å².